The molecule has 0 aromatic carbocycles. The molecule has 0 radical (unpaired) electrons. The number of carbonyl (C=O) groups excluding carboxylic acids is 1. The van der Waals surface area contributed by atoms with Gasteiger partial charge >= 0.3 is 0 Å². The molecule has 1 fully saturated rings. The van der Waals surface area contributed by atoms with Crippen LogP contribution in [0.15, 0.2) is 17.5 Å². The van der Waals surface area contributed by atoms with Crippen LogP contribution in [0.25, 0.3) is 0 Å². The van der Waals surface area contributed by atoms with Crippen molar-refractivity contribution in [2.24, 2.45) is 11.8 Å². The molecule has 2 rings (SSSR count). The summed E-state index contributed by atoms with van der Waals surface area (Å²) in [5, 5.41) is 5.52. The fourth-order valence-corrected chi connectivity index (χ4v) is 4.39. The zero-order valence-electron chi connectivity index (χ0n) is 17.0. The molecule has 1 aliphatic rings. The number of hydrogen-bond donors (Lipinski definition) is 1. The van der Waals surface area contributed by atoms with Crippen molar-refractivity contribution in [2.45, 2.75) is 46.6 Å². The molecule has 1 unspecified atom stereocenters. The quantitative estimate of drug-likeness (QED) is 0.592. The van der Waals surface area contributed by atoms with Gasteiger partial charge in [0.2, 0.25) is 5.91 Å². The summed E-state index contributed by atoms with van der Waals surface area (Å²) in [6.07, 6.45) is 3.10. The van der Waals surface area contributed by atoms with Crippen molar-refractivity contribution in [1.82, 2.24) is 15.1 Å². The number of halogens is 2. The fourth-order valence-electron chi connectivity index (χ4n) is 3.67. The number of hydrogen-bond acceptors (Lipinski definition) is 4. The van der Waals surface area contributed by atoms with Crippen molar-refractivity contribution in [3.63, 3.8) is 0 Å². The summed E-state index contributed by atoms with van der Waals surface area (Å²) in [6, 6.07) is 4.21. The van der Waals surface area contributed by atoms with E-state index in [2.05, 4.69) is 53.4 Å². The van der Waals surface area contributed by atoms with Crippen LogP contribution in [0.2, 0.25) is 0 Å². The average Bonchev–Trinajstić information content (AvgIpc) is 3.15. The summed E-state index contributed by atoms with van der Waals surface area (Å²) >= 11 is 1.75. The van der Waals surface area contributed by atoms with Gasteiger partial charge in [0.25, 0.3) is 0 Å². The molecular formula is C20H37Cl2N3OS. The molecule has 4 nitrogen and oxygen atoms in total. The van der Waals surface area contributed by atoms with Crippen LogP contribution in [0.4, 0.5) is 0 Å². The van der Waals surface area contributed by atoms with E-state index in [1.807, 2.05) is 0 Å². The first-order valence-electron chi connectivity index (χ1n) is 9.87. The molecule has 1 amide bonds. The molecule has 7 heteroatoms. The van der Waals surface area contributed by atoms with Crippen molar-refractivity contribution in [3.8, 4) is 0 Å². The Balaban J connectivity index is 0.00000338. The second kappa shape index (κ2) is 14.6. The third-order valence-electron chi connectivity index (χ3n) is 5.55. The SMILES string of the molecule is CCN(CC)CCN(Cc1cccs1)C(=O)CC(C)C1CCNCC1.Cl.Cl. The largest absolute Gasteiger partial charge is 0.336 e. The summed E-state index contributed by atoms with van der Waals surface area (Å²) in [7, 11) is 0. The number of nitrogens with zero attached hydrogens (tertiary/aromatic N) is 2. The molecular weight excluding hydrogens is 401 g/mol. The molecule has 0 aliphatic carbocycles. The van der Waals surface area contributed by atoms with E-state index in [1.54, 1.807) is 11.3 Å². The molecule has 1 N–H and O–H groups in total. The van der Waals surface area contributed by atoms with Crippen LogP contribution < -0.4 is 5.32 Å². The Kier molecular flexibility index (Phi) is 14.5. The molecule has 2 heterocycles. The van der Waals surface area contributed by atoms with E-state index < -0.39 is 0 Å². The van der Waals surface area contributed by atoms with Gasteiger partial charge < -0.3 is 15.1 Å². The first-order valence-corrected chi connectivity index (χ1v) is 10.7. The van der Waals surface area contributed by atoms with Crippen LogP contribution in [-0.2, 0) is 11.3 Å². The Morgan fingerprint density at radius 1 is 1.22 bits per heavy atom. The Morgan fingerprint density at radius 3 is 2.44 bits per heavy atom. The minimum atomic E-state index is 0. The van der Waals surface area contributed by atoms with Crippen LogP contribution in [0, 0.1) is 11.8 Å². The maximum absolute atomic E-state index is 13.0. The predicted molar refractivity (Wildman–Crippen MR) is 121 cm³/mol. The second-order valence-electron chi connectivity index (χ2n) is 7.19. The fraction of sp³-hybridized carbons (Fsp3) is 0.750. The van der Waals surface area contributed by atoms with E-state index in [4.69, 9.17) is 0 Å². The predicted octanol–water partition coefficient (Wildman–Crippen LogP) is 4.29. The van der Waals surface area contributed by atoms with Gasteiger partial charge in [-0.2, -0.15) is 0 Å². The maximum atomic E-state index is 13.0. The summed E-state index contributed by atoms with van der Waals surface area (Å²) in [5.74, 6) is 1.50. The molecule has 1 aromatic rings. The Bertz CT molecular complexity index is 491. The van der Waals surface area contributed by atoms with Crippen LogP contribution in [-0.4, -0.2) is 55.0 Å². The van der Waals surface area contributed by atoms with Crippen LogP contribution in [0.5, 0.6) is 0 Å². The van der Waals surface area contributed by atoms with Crippen LogP contribution in [0.1, 0.15) is 44.9 Å². The van der Waals surface area contributed by atoms with Gasteiger partial charge in [0.1, 0.15) is 0 Å². The summed E-state index contributed by atoms with van der Waals surface area (Å²) in [6.45, 7) is 13.5. The normalized spacial score (nSPS) is 15.7. The van der Waals surface area contributed by atoms with E-state index in [1.165, 1.54) is 17.7 Å². The molecule has 1 saturated heterocycles. The van der Waals surface area contributed by atoms with Crippen molar-refractivity contribution in [1.29, 1.82) is 0 Å². The van der Waals surface area contributed by atoms with Crippen molar-refractivity contribution >= 4 is 42.1 Å². The zero-order chi connectivity index (χ0) is 18.1. The molecule has 1 aromatic heterocycles. The average molecular weight is 439 g/mol. The molecule has 158 valence electrons. The highest BCUT2D eigenvalue weighted by Gasteiger charge is 2.24. The van der Waals surface area contributed by atoms with E-state index in [0.29, 0.717) is 24.2 Å². The maximum Gasteiger partial charge on any atom is 0.223 e. The molecule has 0 bridgehead atoms. The van der Waals surface area contributed by atoms with Crippen molar-refractivity contribution < 1.29 is 4.79 Å². The lowest BCUT2D eigenvalue weighted by Crippen LogP contribution is -2.39. The lowest BCUT2D eigenvalue weighted by molar-refractivity contribution is -0.133. The third-order valence-corrected chi connectivity index (χ3v) is 6.41. The minimum absolute atomic E-state index is 0. The van der Waals surface area contributed by atoms with E-state index in [0.717, 1.165) is 45.8 Å². The standard InChI is InChI=1S/C20H35N3OS.2ClH/c1-4-22(5-2)12-13-23(16-19-7-6-14-25-19)20(24)15-17(3)18-8-10-21-11-9-18;;/h6-7,14,17-18,21H,4-5,8-13,15-16H2,1-3H3;2*1H. The molecule has 0 saturated carbocycles. The van der Waals surface area contributed by atoms with Gasteiger partial charge in [0.05, 0.1) is 6.54 Å². The molecule has 0 spiro atoms. The van der Waals surface area contributed by atoms with Crippen molar-refractivity contribution in [3.05, 3.63) is 22.4 Å². The van der Waals surface area contributed by atoms with Gasteiger partial charge in [-0.1, -0.05) is 26.8 Å². The summed E-state index contributed by atoms with van der Waals surface area (Å²) < 4.78 is 0. The van der Waals surface area contributed by atoms with Gasteiger partial charge in [0, 0.05) is 24.4 Å². The van der Waals surface area contributed by atoms with Crippen LogP contribution in [0.3, 0.4) is 0 Å². The van der Waals surface area contributed by atoms with E-state index in [9.17, 15) is 4.79 Å². The first kappa shape index (κ1) is 26.7. The summed E-state index contributed by atoms with van der Waals surface area (Å²) in [4.78, 5) is 18.8. The second-order valence-corrected chi connectivity index (χ2v) is 8.22. The number of amides is 1. The van der Waals surface area contributed by atoms with Crippen molar-refractivity contribution in [2.75, 3.05) is 39.3 Å². The molecule has 27 heavy (non-hydrogen) atoms. The lowest BCUT2D eigenvalue weighted by Gasteiger charge is -2.31. The number of thiophene rings is 1. The Morgan fingerprint density at radius 2 is 1.89 bits per heavy atom. The number of likely N-dealkylation sites (N-methyl/N-ethyl adjacent to an activating group) is 1. The number of rotatable bonds is 10. The molecule has 1 atom stereocenters. The highest BCUT2D eigenvalue weighted by atomic mass is 35.5. The monoisotopic (exact) mass is 437 g/mol. The number of nitrogens with one attached hydrogen (secondary N) is 1. The van der Waals surface area contributed by atoms with Gasteiger partial charge in [0.15, 0.2) is 0 Å². The highest BCUT2D eigenvalue weighted by Crippen LogP contribution is 2.25. The van der Waals surface area contributed by atoms with E-state index >= 15 is 0 Å². The van der Waals surface area contributed by atoms with Gasteiger partial charge in [-0.3, -0.25) is 4.79 Å². The Labute approximate surface area is 181 Å². The lowest BCUT2D eigenvalue weighted by atomic mass is 9.84. The zero-order valence-corrected chi connectivity index (χ0v) is 19.4. The summed E-state index contributed by atoms with van der Waals surface area (Å²) in [5.41, 5.74) is 0. The molecule has 1 aliphatic heterocycles. The highest BCUT2D eigenvalue weighted by molar-refractivity contribution is 7.09. The Hall–Kier alpha value is -0.330. The first-order chi connectivity index (χ1) is 12.1. The number of carbonyl (C=O) groups is 1. The number of piperidine rings is 1. The third kappa shape index (κ3) is 9.14. The van der Waals surface area contributed by atoms with E-state index in [-0.39, 0.29) is 24.8 Å². The minimum Gasteiger partial charge on any atom is -0.336 e. The topological polar surface area (TPSA) is 35.6 Å². The van der Waals surface area contributed by atoms with Crippen LogP contribution >= 0.6 is 36.2 Å². The smallest absolute Gasteiger partial charge is 0.223 e. The van der Waals surface area contributed by atoms with Gasteiger partial charge in [-0.05, 0) is 62.3 Å². The van der Waals surface area contributed by atoms with Gasteiger partial charge in [-0.15, -0.1) is 36.2 Å². The van der Waals surface area contributed by atoms with Gasteiger partial charge in [-0.25, -0.2) is 0 Å².